The van der Waals surface area contributed by atoms with Crippen LogP contribution in [0.1, 0.15) is 0 Å². The van der Waals surface area contributed by atoms with Gasteiger partial charge in [-0.2, -0.15) is 0 Å². The number of hydrogen-bond acceptors (Lipinski definition) is 4. The predicted molar refractivity (Wildman–Crippen MR) is 113 cm³/mol. The van der Waals surface area contributed by atoms with Crippen LogP contribution in [-0.4, -0.2) is 43.0 Å². The number of aromatic nitrogens is 2. The molecule has 4 aromatic rings. The van der Waals surface area contributed by atoms with Crippen molar-refractivity contribution in [3.8, 4) is 17.1 Å². The standard InChI is InChI=1S/C23H23N3O2/c1-25-21-10-5-17-15-19(27-2)8-9-20(17)22(21)24-23(25)16-3-6-18(7-4-16)26-11-13-28-14-12-26/h3-10,15H,11-14H2,1-2H3. The first-order valence-corrected chi connectivity index (χ1v) is 9.61. The molecule has 2 heterocycles. The van der Waals surface area contributed by atoms with Crippen molar-refractivity contribution >= 4 is 27.5 Å². The predicted octanol–water partition coefficient (Wildman–Crippen LogP) is 4.24. The molecular weight excluding hydrogens is 350 g/mol. The summed E-state index contributed by atoms with van der Waals surface area (Å²) in [6.07, 6.45) is 0. The maximum absolute atomic E-state index is 5.45. The quantitative estimate of drug-likeness (QED) is 0.539. The summed E-state index contributed by atoms with van der Waals surface area (Å²) in [4.78, 5) is 7.36. The Kier molecular flexibility index (Phi) is 4.17. The number of nitrogens with zero attached hydrogens (tertiary/aromatic N) is 3. The molecule has 0 saturated carbocycles. The number of anilines is 1. The fraction of sp³-hybridized carbons (Fsp3) is 0.261. The van der Waals surface area contributed by atoms with Crippen molar-refractivity contribution in [1.82, 2.24) is 9.55 Å². The van der Waals surface area contributed by atoms with Crippen LogP contribution < -0.4 is 9.64 Å². The van der Waals surface area contributed by atoms with Crippen LogP contribution in [0.4, 0.5) is 5.69 Å². The number of methoxy groups -OCH3 is 1. The highest BCUT2D eigenvalue weighted by atomic mass is 16.5. The van der Waals surface area contributed by atoms with Gasteiger partial charge in [0.1, 0.15) is 11.6 Å². The van der Waals surface area contributed by atoms with E-state index in [0.29, 0.717) is 0 Å². The molecule has 5 nitrogen and oxygen atoms in total. The molecule has 0 N–H and O–H groups in total. The van der Waals surface area contributed by atoms with Crippen LogP contribution >= 0.6 is 0 Å². The van der Waals surface area contributed by atoms with Gasteiger partial charge in [0.05, 0.1) is 31.4 Å². The van der Waals surface area contributed by atoms with Gasteiger partial charge in [-0.1, -0.05) is 6.07 Å². The van der Waals surface area contributed by atoms with E-state index in [0.717, 1.165) is 65.2 Å². The van der Waals surface area contributed by atoms with E-state index in [1.807, 2.05) is 6.07 Å². The first kappa shape index (κ1) is 17.1. The molecule has 1 aliphatic rings. The first-order valence-electron chi connectivity index (χ1n) is 9.61. The monoisotopic (exact) mass is 373 g/mol. The average molecular weight is 373 g/mol. The van der Waals surface area contributed by atoms with Gasteiger partial charge in [0.15, 0.2) is 0 Å². The normalized spacial score (nSPS) is 14.7. The molecule has 1 saturated heterocycles. The number of ether oxygens (including phenoxy) is 2. The Labute approximate surface area is 164 Å². The number of imidazole rings is 1. The highest BCUT2D eigenvalue weighted by Crippen LogP contribution is 2.31. The van der Waals surface area contributed by atoms with Crippen molar-refractivity contribution in [1.29, 1.82) is 0 Å². The molecule has 28 heavy (non-hydrogen) atoms. The van der Waals surface area contributed by atoms with E-state index in [2.05, 4.69) is 65.0 Å². The summed E-state index contributed by atoms with van der Waals surface area (Å²) in [5, 5.41) is 2.28. The lowest BCUT2D eigenvalue weighted by molar-refractivity contribution is 0.122. The third kappa shape index (κ3) is 2.79. The lowest BCUT2D eigenvalue weighted by Gasteiger charge is -2.28. The summed E-state index contributed by atoms with van der Waals surface area (Å²) in [6.45, 7) is 3.48. The van der Waals surface area contributed by atoms with Gasteiger partial charge in [-0.3, -0.25) is 0 Å². The molecule has 0 unspecified atom stereocenters. The average Bonchev–Trinajstić information content (AvgIpc) is 3.11. The minimum Gasteiger partial charge on any atom is -0.497 e. The number of rotatable bonds is 3. The number of fused-ring (bicyclic) bond motifs is 3. The SMILES string of the molecule is COc1ccc2c(ccc3c2nc(-c2ccc(N4CCOCC4)cc2)n3C)c1. The van der Waals surface area contributed by atoms with Crippen molar-refractivity contribution in [2.45, 2.75) is 0 Å². The molecule has 0 radical (unpaired) electrons. The molecule has 3 aromatic carbocycles. The molecule has 0 spiro atoms. The fourth-order valence-electron chi connectivity index (χ4n) is 3.99. The second-order valence-electron chi connectivity index (χ2n) is 7.16. The maximum Gasteiger partial charge on any atom is 0.140 e. The van der Waals surface area contributed by atoms with Crippen LogP contribution in [0, 0.1) is 0 Å². The van der Waals surface area contributed by atoms with Gasteiger partial charge in [0.2, 0.25) is 0 Å². The van der Waals surface area contributed by atoms with Crippen molar-refractivity contribution < 1.29 is 9.47 Å². The van der Waals surface area contributed by atoms with E-state index in [1.165, 1.54) is 5.69 Å². The van der Waals surface area contributed by atoms with Gasteiger partial charge in [0, 0.05) is 36.8 Å². The Bertz CT molecular complexity index is 1140. The molecule has 0 atom stereocenters. The lowest BCUT2D eigenvalue weighted by Crippen LogP contribution is -2.36. The molecule has 0 aliphatic carbocycles. The van der Waals surface area contributed by atoms with Crippen LogP contribution in [-0.2, 0) is 11.8 Å². The van der Waals surface area contributed by atoms with Crippen molar-refractivity contribution in [3.63, 3.8) is 0 Å². The van der Waals surface area contributed by atoms with E-state index in [4.69, 9.17) is 14.5 Å². The van der Waals surface area contributed by atoms with E-state index in [1.54, 1.807) is 7.11 Å². The summed E-state index contributed by atoms with van der Waals surface area (Å²) in [5.41, 5.74) is 4.51. The second kappa shape index (κ2) is 6.84. The summed E-state index contributed by atoms with van der Waals surface area (Å²) in [5.74, 6) is 1.84. The molecule has 142 valence electrons. The number of aryl methyl sites for hydroxylation is 1. The van der Waals surface area contributed by atoms with E-state index in [-0.39, 0.29) is 0 Å². The second-order valence-corrected chi connectivity index (χ2v) is 7.16. The first-order chi connectivity index (χ1) is 13.7. The molecule has 5 rings (SSSR count). The van der Waals surface area contributed by atoms with Crippen LogP contribution in [0.3, 0.4) is 0 Å². The zero-order chi connectivity index (χ0) is 19.1. The number of hydrogen-bond donors (Lipinski definition) is 0. The summed E-state index contributed by atoms with van der Waals surface area (Å²) in [7, 11) is 3.77. The highest BCUT2D eigenvalue weighted by molar-refractivity contribution is 6.05. The van der Waals surface area contributed by atoms with Gasteiger partial charge in [-0.15, -0.1) is 0 Å². The Balaban J connectivity index is 1.56. The molecular formula is C23H23N3O2. The van der Waals surface area contributed by atoms with Crippen molar-refractivity contribution in [3.05, 3.63) is 54.6 Å². The largest absolute Gasteiger partial charge is 0.497 e. The highest BCUT2D eigenvalue weighted by Gasteiger charge is 2.15. The van der Waals surface area contributed by atoms with E-state index < -0.39 is 0 Å². The lowest BCUT2D eigenvalue weighted by atomic mass is 10.1. The van der Waals surface area contributed by atoms with Crippen molar-refractivity contribution in [2.24, 2.45) is 7.05 Å². The Morgan fingerprint density at radius 2 is 1.75 bits per heavy atom. The molecule has 0 amide bonds. The molecule has 1 aromatic heterocycles. The number of morpholine rings is 1. The van der Waals surface area contributed by atoms with Crippen LogP contribution in [0.25, 0.3) is 33.2 Å². The van der Waals surface area contributed by atoms with Crippen LogP contribution in [0.5, 0.6) is 5.75 Å². The third-order valence-electron chi connectivity index (χ3n) is 5.58. The molecule has 5 heteroatoms. The minimum absolute atomic E-state index is 0.796. The zero-order valence-corrected chi connectivity index (χ0v) is 16.2. The van der Waals surface area contributed by atoms with Crippen LogP contribution in [0.2, 0.25) is 0 Å². The Morgan fingerprint density at radius 3 is 2.50 bits per heavy atom. The molecule has 1 fully saturated rings. The van der Waals surface area contributed by atoms with Gasteiger partial charge < -0.3 is 18.9 Å². The summed E-state index contributed by atoms with van der Waals surface area (Å²) >= 11 is 0. The van der Waals surface area contributed by atoms with Crippen LogP contribution in [0.15, 0.2) is 54.6 Å². The summed E-state index contributed by atoms with van der Waals surface area (Å²) < 4.78 is 13.0. The van der Waals surface area contributed by atoms with Gasteiger partial charge in [-0.25, -0.2) is 4.98 Å². The molecule has 0 bridgehead atoms. The van der Waals surface area contributed by atoms with E-state index in [9.17, 15) is 0 Å². The van der Waals surface area contributed by atoms with E-state index >= 15 is 0 Å². The maximum atomic E-state index is 5.45. The van der Waals surface area contributed by atoms with Gasteiger partial charge in [0.25, 0.3) is 0 Å². The summed E-state index contributed by atoms with van der Waals surface area (Å²) in [6, 6.07) is 19.1. The Morgan fingerprint density at radius 1 is 0.964 bits per heavy atom. The topological polar surface area (TPSA) is 39.5 Å². The van der Waals surface area contributed by atoms with Gasteiger partial charge >= 0.3 is 0 Å². The number of benzene rings is 3. The minimum atomic E-state index is 0.796. The zero-order valence-electron chi connectivity index (χ0n) is 16.2. The molecule has 1 aliphatic heterocycles. The fourth-order valence-corrected chi connectivity index (χ4v) is 3.99. The van der Waals surface area contributed by atoms with Gasteiger partial charge in [-0.05, 0) is 53.9 Å². The smallest absolute Gasteiger partial charge is 0.140 e. The van der Waals surface area contributed by atoms with Crippen molar-refractivity contribution in [2.75, 3.05) is 38.3 Å². The Hall–Kier alpha value is -3.05. The third-order valence-corrected chi connectivity index (χ3v) is 5.58.